The molecule has 4 nitrogen and oxygen atoms in total. The Balaban J connectivity index is 2.44. The Morgan fingerprint density at radius 3 is 2.62 bits per heavy atom. The Kier molecular flexibility index (Phi) is 5.08. The van der Waals surface area contributed by atoms with Gasteiger partial charge in [-0.3, -0.25) is 4.72 Å². The highest BCUT2D eigenvalue weighted by Gasteiger charge is 2.23. The lowest BCUT2D eigenvalue weighted by Crippen LogP contribution is -2.17. The van der Waals surface area contributed by atoms with Crippen molar-refractivity contribution < 1.29 is 8.42 Å². The zero-order valence-corrected chi connectivity index (χ0v) is 15.2. The van der Waals surface area contributed by atoms with Crippen LogP contribution in [0.5, 0.6) is 0 Å². The fourth-order valence-electron chi connectivity index (χ4n) is 2.05. The average Bonchev–Trinajstić information content (AvgIpc) is 2.77. The maximum absolute atomic E-state index is 12.7. The molecule has 1 heterocycles. The number of thiophene rings is 1. The van der Waals surface area contributed by atoms with Crippen LogP contribution < -0.4 is 10.0 Å². The first kappa shape index (κ1) is 16.5. The average molecular weight is 389 g/mol. The van der Waals surface area contributed by atoms with Gasteiger partial charge in [0.15, 0.2) is 0 Å². The molecule has 0 saturated carbocycles. The summed E-state index contributed by atoms with van der Waals surface area (Å²) < 4.78 is 28.8. The van der Waals surface area contributed by atoms with Crippen molar-refractivity contribution in [3.63, 3.8) is 0 Å². The van der Waals surface area contributed by atoms with Crippen molar-refractivity contribution in [1.29, 1.82) is 0 Å². The molecule has 21 heavy (non-hydrogen) atoms. The lowest BCUT2D eigenvalue weighted by atomic mass is 10.2. The monoisotopic (exact) mass is 388 g/mol. The van der Waals surface area contributed by atoms with E-state index in [1.165, 1.54) is 11.3 Å². The molecule has 0 aliphatic heterocycles. The van der Waals surface area contributed by atoms with E-state index in [0.717, 1.165) is 20.5 Å². The standard InChI is InChI=1S/C14H17BrN2O2S2/c1-9-5-4-6-11(13(9)15)17-21(18,19)14-10(2)8-20-12(14)7-16-3/h4-6,8,16-17H,7H2,1-3H3. The molecule has 0 unspecified atom stereocenters. The highest BCUT2D eigenvalue weighted by atomic mass is 79.9. The molecule has 2 N–H and O–H groups in total. The van der Waals surface area contributed by atoms with Gasteiger partial charge in [0, 0.05) is 15.9 Å². The van der Waals surface area contributed by atoms with Crippen LogP contribution >= 0.6 is 27.3 Å². The predicted octanol–water partition coefficient (Wildman–Crippen LogP) is 3.65. The maximum atomic E-state index is 12.7. The van der Waals surface area contributed by atoms with Crippen LogP contribution in [0.1, 0.15) is 16.0 Å². The molecular weight excluding hydrogens is 372 g/mol. The number of hydrogen-bond donors (Lipinski definition) is 2. The van der Waals surface area contributed by atoms with Crippen molar-refractivity contribution >= 4 is 43.0 Å². The fourth-order valence-corrected chi connectivity index (χ4v) is 5.44. The Morgan fingerprint density at radius 2 is 1.95 bits per heavy atom. The summed E-state index contributed by atoms with van der Waals surface area (Å²) in [7, 11) is -1.80. The van der Waals surface area contributed by atoms with Gasteiger partial charge in [-0.25, -0.2) is 8.42 Å². The van der Waals surface area contributed by atoms with Gasteiger partial charge in [-0.15, -0.1) is 11.3 Å². The number of rotatable bonds is 5. The van der Waals surface area contributed by atoms with Crippen LogP contribution in [0.4, 0.5) is 5.69 Å². The normalized spacial score (nSPS) is 11.6. The molecule has 114 valence electrons. The summed E-state index contributed by atoms with van der Waals surface area (Å²) in [5, 5.41) is 4.87. The van der Waals surface area contributed by atoms with E-state index in [9.17, 15) is 8.42 Å². The summed E-state index contributed by atoms with van der Waals surface area (Å²) in [6.45, 7) is 4.27. The second-order valence-corrected chi connectivity index (χ2v) is 8.12. The molecule has 0 aliphatic carbocycles. The van der Waals surface area contributed by atoms with Crippen molar-refractivity contribution in [3.05, 3.63) is 44.1 Å². The Labute approximate surface area is 137 Å². The van der Waals surface area contributed by atoms with Gasteiger partial charge in [-0.1, -0.05) is 12.1 Å². The summed E-state index contributed by atoms with van der Waals surface area (Å²) in [6.07, 6.45) is 0. The highest BCUT2D eigenvalue weighted by Crippen LogP contribution is 2.32. The number of sulfonamides is 1. The quantitative estimate of drug-likeness (QED) is 0.821. The zero-order valence-electron chi connectivity index (χ0n) is 12.0. The summed E-state index contributed by atoms with van der Waals surface area (Å²) in [5.41, 5.74) is 2.30. The van der Waals surface area contributed by atoms with E-state index < -0.39 is 10.0 Å². The minimum atomic E-state index is -3.60. The minimum Gasteiger partial charge on any atom is -0.315 e. The molecule has 2 aromatic rings. The molecule has 0 atom stereocenters. The van der Waals surface area contributed by atoms with Crippen molar-refractivity contribution in [3.8, 4) is 0 Å². The van der Waals surface area contributed by atoms with Crippen LogP contribution in [-0.2, 0) is 16.6 Å². The third-order valence-electron chi connectivity index (χ3n) is 3.03. The molecule has 0 spiro atoms. The van der Waals surface area contributed by atoms with Crippen molar-refractivity contribution in [2.45, 2.75) is 25.3 Å². The van der Waals surface area contributed by atoms with Crippen molar-refractivity contribution in [1.82, 2.24) is 5.32 Å². The molecule has 0 radical (unpaired) electrons. The van der Waals surface area contributed by atoms with Crippen LogP contribution in [0.25, 0.3) is 0 Å². The number of halogens is 1. The lowest BCUT2D eigenvalue weighted by Gasteiger charge is -2.12. The SMILES string of the molecule is CNCc1scc(C)c1S(=O)(=O)Nc1cccc(C)c1Br. The van der Waals surface area contributed by atoms with Gasteiger partial charge in [0.2, 0.25) is 0 Å². The third-order valence-corrected chi connectivity index (χ3v) is 6.91. The van der Waals surface area contributed by atoms with E-state index >= 15 is 0 Å². The van der Waals surface area contributed by atoms with Gasteiger partial charge in [0.05, 0.1) is 5.69 Å². The molecular formula is C14H17BrN2O2S2. The topological polar surface area (TPSA) is 58.2 Å². The van der Waals surface area contributed by atoms with Gasteiger partial charge < -0.3 is 5.32 Å². The number of nitrogens with one attached hydrogen (secondary N) is 2. The van der Waals surface area contributed by atoms with Crippen LogP contribution in [0.2, 0.25) is 0 Å². The second kappa shape index (κ2) is 6.48. The first-order valence-corrected chi connectivity index (χ1v) is 9.52. The number of aryl methyl sites for hydroxylation is 2. The lowest BCUT2D eigenvalue weighted by molar-refractivity contribution is 0.599. The molecule has 0 aliphatic rings. The van der Waals surface area contributed by atoms with E-state index in [1.54, 1.807) is 13.1 Å². The summed E-state index contributed by atoms with van der Waals surface area (Å²) in [6, 6.07) is 5.49. The number of hydrogen-bond acceptors (Lipinski definition) is 4. The van der Waals surface area contributed by atoms with Gasteiger partial charge >= 0.3 is 0 Å². The molecule has 1 aromatic heterocycles. The second-order valence-electron chi connectivity index (χ2n) is 4.74. The van der Waals surface area contributed by atoms with Crippen molar-refractivity contribution in [2.24, 2.45) is 0 Å². The maximum Gasteiger partial charge on any atom is 0.263 e. The van der Waals surface area contributed by atoms with E-state index in [-0.39, 0.29) is 0 Å². The molecule has 0 bridgehead atoms. The summed E-state index contributed by atoms with van der Waals surface area (Å²) in [4.78, 5) is 1.18. The Bertz CT molecular complexity index is 754. The van der Waals surface area contributed by atoms with Gasteiger partial charge in [0.1, 0.15) is 4.90 Å². The van der Waals surface area contributed by atoms with E-state index in [1.807, 2.05) is 31.4 Å². The number of anilines is 1. The van der Waals surface area contributed by atoms with Gasteiger partial charge in [-0.05, 0) is 59.4 Å². The molecule has 2 rings (SSSR count). The molecule has 0 fully saturated rings. The minimum absolute atomic E-state index is 0.371. The van der Waals surface area contributed by atoms with Crippen LogP contribution in [0.3, 0.4) is 0 Å². The zero-order chi connectivity index (χ0) is 15.6. The Morgan fingerprint density at radius 1 is 1.24 bits per heavy atom. The summed E-state index contributed by atoms with van der Waals surface area (Å²) >= 11 is 4.88. The molecule has 0 amide bonds. The van der Waals surface area contributed by atoms with Crippen LogP contribution in [-0.4, -0.2) is 15.5 Å². The number of benzene rings is 1. The summed E-state index contributed by atoms with van der Waals surface area (Å²) in [5.74, 6) is 0. The van der Waals surface area contributed by atoms with E-state index in [2.05, 4.69) is 26.0 Å². The smallest absolute Gasteiger partial charge is 0.263 e. The van der Waals surface area contributed by atoms with E-state index in [4.69, 9.17) is 0 Å². The van der Waals surface area contributed by atoms with Crippen LogP contribution in [0.15, 0.2) is 32.9 Å². The Hall–Kier alpha value is -0.890. The van der Waals surface area contributed by atoms with Crippen molar-refractivity contribution in [2.75, 3.05) is 11.8 Å². The molecule has 7 heteroatoms. The third kappa shape index (κ3) is 3.48. The van der Waals surface area contributed by atoms with E-state index in [0.29, 0.717) is 17.1 Å². The first-order valence-electron chi connectivity index (χ1n) is 6.36. The van der Waals surface area contributed by atoms with Crippen LogP contribution in [0, 0.1) is 13.8 Å². The largest absolute Gasteiger partial charge is 0.315 e. The fraction of sp³-hybridized carbons (Fsp3) is 0.286. The molecule has 1 aromatic carbocycles. The first-order chi connectivity index (χ1) is 9.86. The van der Waals surface area contributed by atoms with Gasteiger partial charge in [0.25, 0.3) is 10.0 Å². The predicted molar refractivity (Wildman–Crippen MR) is 91.5 cm³/mol. The highest BCUT2D eigenvalue weighted by molar-refractivity contribution is 9.10. The van der Waals surface area contributed by atoms with Gasteiger partial charge in [-0.2, -0.15) is 0 Å². The molecule has 0 saturated heterocycles.